The highest BCUT2D eigenvalue weighted by atomic mass is 79.9. The lowest BCUT2D eigenvalue weighted by atomic mass is 10.3. The fraction of sp³-hybridized carbons (Fsp3) is 0.417. The van der Waals surface area contributed by atoms with Crippen molar-refractivity contribution in [1.82, 2.24) is 9.21 Å². The molecule has 1 aromatic rings. The monoisotopic (exact) mass is 379 g/mol. The molecule has 0 bridgehead atoms. The molecule has 1 aliphatic heterocycles. The first-order valence-corrected chi connectivity index (χ1v) is 8.45. The van der Waals surface area contributed by atoms with Crippen LogP contribution in [-0.4, -0.2) is 50.2 Å². The summed E-state index contributed by atoms with van der Waals surface area (Å²) in [6, 6.07) is 2.07. The maximum atomic E-state index is 13.3. The van der Waals surface area contributed by atoms with Gasteiger partial charge in [0, 0.05) is 24.6 Å². The number of sulfonamides is 1. The predicted molar refractivity (Wildman–Crippen MR) is 79.5 cm³/mol. The van der Waals surface area contributed by atoms with Crippen molar-refractivity contribution in [2.75, 3.05) is 32.4 Å². The summed E-state index contributed by atoms with van der Waals surface area (Å²) in [6.45, 7) is 0.488. The molecule has 2 rings (SSSR count). The van der Waals surface area contributed by atoms with E-state index in [-0.39, 0.29) is 34.1 Å². The molecule has 0 atom stereocenters. The molecule has 0 radical (unpaired) electrons. The number of nitrogen functional groups attached to an aromatic ring is 1. The number of hydrogen-bond donors (Lipinski definition) is 1. The van der Waals surface area contributed by atoms with Crippen molar-refractivity contribution >= 4 is 37.5 Å². The van der Waals surface area contributed by atoms with Gasteiger partial charge in [0.25, 0.3) is 0 Å². The minimum absolute atomic E-state index is 0.0826. The SMILES string of the molecule is CN1CCCN(S(=O)(=O)c2cc(N)c(F)cc2Br)CC1=O. The summed E-state index contributed by atoms with van der Waals surface area (Å²) in [4.78, 5) is 13.2. The number of carbonyl (C=O) groups is 1. The van der Waals surface area contributed by atoms with Gasteiger partial charge in [-0.25, -0.2) is 12.8 Å². The quantitative estimate of drug-likeness (QED) is 0.777. The van der Waals surface area contributed by atoms with Crippen LogP contribution in [0.4, 0.5) is 10.1 Å². The van der Waals surface area contributed by atoms with Gasteiger partial charge in [-0.05, 0) is 34.5 Å². The van der Waals surface area contributed by atoms with E-state index in [2.05, 4.69) is 15.9 Å². The molecule has 1 heterocycles. The standard InChI is InChI=1S/C12H15BrFN3O3S/c1-16-3-2-4-17(7-12(16)18)21(19,20)11-6-10(15)9(14)5-8(11)13/h5-6H,2-4,7,15H2,1H3. The Morgan fingerprint density at radius 2 is 2.00 bits per heavy atom. The third-order valence-electron chi connectivity index (χ3n) is 3.31. The second-order valence-electron chi connectivity index (χ2n) is 4.81. The Morgan fingerprint density at radius 3 is 2.67 bits per heavy atom. The van der Waals surface area contributed by atoms with E-state index >= 15 is 0 Å². The van der Waals surface area contributed by atoms with E-state index in [0.717, 1.165) is 16.4 Å². The summed E-state index contributed by atoms with van der Waals surface area (Å²) in [7, 11) is -2.29. The zero-order chi connectivity index (χ0) is 15.8. The molecule has 1 aromatic carbocycles. The molecule has 9 heteroatoms. The van der Waals surface area contributed by atoms with E-state index in [1.807, 2.05) is 0 Å². The Bertz CT molecular complexity index is 681. The number of benzene rings is 1. The number of hydrogen-bond acceptors (Lipinski definition) is 4. The van der Waals surface area contributed by atoms with Crippen LogP contribution in [0.2, 0.25) is 0 Å². The van der Waals surface area contributed by atoms with Crippen molar-refractivity contribution < 1.29 is 17.6 Å². The maximum absolute atomic E-state index is 13.3. The maximum Gasteiger partial charge on any atom is 0.244 e. The lowest BCUT2D eigenvalue weighted by Crippen LogP contribution is -2.38. The van der Waals surface area contributed by atoms with Crippen LogP contribution in [0.1, 0.15) is 6.42 Å². The third kappa shape index (κ3) is 3.19. The van der Waals surface area contributed by atoms with Crippen LogP contribution in [0.5, 0.6) is 0 Å². The van der Waals surface area contributed by atoms with Gasteiger partial charge in [0.1, 0.15) is 5.82 Å². The Hall–Kier alpha value is -1.19. The van der Waals surface area contributed by atoms with Crippen LogP contribution in [0.3, 0.4) is 0 Å². The van der Waals surface area contributed by atoms with Crippen LogP contribution >= 0.6 is 15.9 Å². The molecule has 0 unspecified atom stereocenters. The van der Waals surface area contributed by atoms with Gasteiger partial charge >= 0.3 is 0 Å². The van der Waals surface area contributed by atoms with Crippen molar-refractivity contribution in [3.05, 3.63) is 22.4 Å². The molecule has 2 N–H and O–H groups in total. The third-order valence-corrected chi connectivity index (χ3v) is 6.11. The fourth-order valence-corrected chi connectivity index (χ4v) is 4.48. The van der Waals surface area contributed by atoms with Gasteiger partial charge in [-0.2, -0.15) is 4.31 Å². The molecular formula is C12H15BrFN3O3S. The van der Waals surface area contributed by atoms with E-state index < -0.39 is 15.8 Å². The van der Waals surface area contributed by atoms with E-state index in [9.17, 15) is 17.6 Å². The Morgan fingerprint density at radius 1 is 1.33 bits per heavy atom. The van der Waals surface area contributed by atoms with Crippen molar-refractivity contribution in [1.29, 1.82) is 0 Å². The summed E-state index contributed by atoms with van der Waals surface area (Å²) in [5.41, 5.74) is 5.19. The molecule has 116 valence electrons. The number of nitrogens with two attached hydrogens (primary N) is 1. The number of carbonyl (C=O) groups excluding carboxylic acids is 1. The van der Waals surface area contributed by atoms with Gasteiger partial charge in [0.15, 0.2) is 0 Å². The van der Waals surface area contributed by atoms with E-state index in [1.54, 1.807) is 7.05 Å². The molecule has 0 aliphatic carbocycles. The van der Waals surface area contributed by atoms with Crippen molar-refractivity contribution in [3.8, 4) is 0 Å². The lowest BCUT2D eigenvalue weighted by molar-refractivity contribution is -0.129. The van der Waals surface area contributed by atoms with Gasteiger partial charge in [-0.1, -0.05) is 0 Å². The summed E-state index contributed by atoms with van der Waals surface area (Å²) >= 11 is 3.03. The number of anilines is 1. The summed E-state index contributed by atoms with van der Waals surface area (Å²) in [5.74, 6) is -0.977. The van der Waals surface area contributed by atoms with Crippen LogP contribution in [0.25, 0.3) is 0 Å². The van der Waals surface area contributed by atoms with Crippen LogP contribution < -0.4 is 5.73 Å². The molecule has 1 amide bonds. The van der Waals surface area contributed by atoms with E-state index in [0.29, 0.717) is 13.0 Å². The zero-order valence-electron chi connectivity index (χ0n) is 11.3. The number of amides is 1. The largest absolute Gasteiger partial charge is 0.396 e. The second kappa shape index (κ2) is 5.90. The number of likely N-dealkylation sites (N-methyl/N-ethyl adjacent to an activating group) is 1. The minimum Gasteiger partial charge on any atom is -0.396 e. The second-order valence-corrected chi connectivity index (χ2v) is 7.57. The number of rotatable bonds is 2. The van der Waals surface area contributed by atoms with Gasteiger partial charge < -0.3 is 10.6 Å². The highest BCUT2D eigenvalue weighted by Gasteiger charge is 2.31. The fourth-order valence-electron chi connectivity index (χ4n) is 2.05. The first kappa shape index (κ1) is 16.2. The van der Waals surface area contributed by atoms with Crippen LogP contribution in [0.15, 0.2) is 21.5 Å². The van der Waals surface area contributed by atoms with Gasteiger partial charge in [-0.3, -0.25) is 4.79 Å². The summed E-state index contributed by atoms with van der Waals surface area (Å²) in [5, 5.41) is 0. The zero-order valence-corrected chi connectivity index (χ0v) is 13.7. The molecule has 1 aliphatic rings. The van der Waals surface area contributed by atoms with Gasteiger partial charge in [0.2, 0.25) is 15.9 Å². The van der Waals surface area contributed by atoms with Gasteiger partial charge in [-0.15, -0.1) is 0 Å². The van der Waals surface area contributed by atoms with Crippen LogP contribution in [-0.2, 0) is 14.8 Å². The van der Waals surface area contributed by atoms with Crippen molar-refractivity contribution in [2.45, 2.75) is 11.3 Å². The van der Waals surface area contributed by atoms with Crippen molar-refractivity contribution in [3.63, 3.8) is 0 Å². The smallest absolute Gasteiger partial charge is 0.244 e. The van der Waals surface area contributed by atoms with Gasteiger partial charge in [0.05, 0.1) is 17.1 Å². The molecule has 21 heavy (non-hydrogen) atoms. The summed E-state index contributed by atoms with van der Waals surface area (Å²) < 4.78 is 39.8. The normalized spacial score (nSPS) is 17.9. The lowest BCUT2D eigenvalue weighted by Gasteiger charge is -2.20. The highest BCUT2D eigenvalue weighted by Crippen LogP contribution is 2.29. The molecule has 0 aromatic heterocycles. The van der Waals surface area contributed by atoms with E-state index in [1.165, 1.54) is 4.90 Å². The molecule has 1 fully saturated rings. The number of halogens is 2. The first-order valence-electron chi connectivity index (χ1n) is 6.22. The molecule has 0 saturated carbocycles. The average molecular weight is 380 g/mol. The summed E-state index contributed by atoms with van der Waals surface area (Å²) in [6.07, 6.45) is 0.537. The Kier molecular flexibility index (Phi) is 4.54. The first-order chi connectivity index (χ1) is 9.73. The Balaban J connectivity index is 2.42. The predicted octanol–water partition coefficient (Wildman–Crippen LogP) is 1.02. The Labute approximate surface area is 130 Å². The molecular weight excluding hydrogens is 365 g/mol. The average Bonchev–Trinajstić information content (AvgIpc) is 2.57. The van der Waals surface area contributed by atoms with Crippen molar-refractivity contribution in [2.24, 2.45) is 0 Å². The molecule has 0 spiro atoms. The molecule has 1 saturated heterocycles. The topological polar surface area (TPSA) is 83.7 Å². The van der Waals surface area contributed by atoms with Crippen LogP contribution in [0, 0.1) is 5.82 Å². The molecule has 6 nitrogen and oxygen atoms in total. The highest BCUT2D eigenvalue weighted by molar-refractivity contribution is 9.10. The van der Waals surface area contributed by atoms with E-state index in [4.69, 9.17) is 5.73 Å². The minimum atomic E-state index is -3.92. The number of nitrogens with zero attached hydrogens (tertiary/aromatic N) is 2.